The SMILES string of the molecule is CC(C)CC(NC(=O)C(Cc1c[nH]c2ccccc12)NC(=O)C1CCCN1C(=O)C(N)C(C)O)C(=O)O. The van der Waals surface area contributed by atoms with Crippen LogP contribution in [-0.2, 0) is 25.6 Å². The molecular weight excluding hydrogens is 478 g/mol. The summed E-state index contributed by atoms with van der Waals surface area (Å²) < 4.78 is 0. The molecule has 0 aliphatic carbocycles. The maximum atomic E-state index is 13.3. The number of nitrogens with two attached hydrogens (primary N) is 1. The first-order valence-corrected chi connectivity index (χ1v) is 12.6. The molecule has 1 aromatic carbocycles. The zero-order valence-corrected chi connectivity index (χ0v) is 21.4. The summed E-state index contributed by atoms with van der Waals surface area (Å²) >= 11 is 0. The second-order valence-electron chi connectivity index (χ2n) is 10.1. The molecule has 1 fully saturated rings. The predicted octanol–water partition coefficient (Wildman–Crippen LogP) is 0.510. The van der Waals surface area contributed by atoms with Crippen LogP contribution in [0.25, 0.3) is 10.9 Å². The number of aliphatic carboxylic acids is 1. The number of carboxylic acids is 1. The average molecular weight is 516 g/mol. The Labute approximate surface area is 215 Å². The number of fused-ring (bicyclic) bond motifs is 1. The molecule has 0 radical (unpaired) electrons. The zero-order valence-electron chi connectivity index (χ0n) is 21.4. The third kappa shape index (κ3) is 6.86. The highest BCUT2D eigenvalue weighted by Crippen LogP contribution is 2.22. The van der Waals surface area contributed by atoms with E-state index in [-0.39, 0.29) is 18.8 Å². The number of hydrogen-bond donors (Lipinski definition) is 6. The van der Waals surface area contributed by atoms with E-state index in [4.69, 9.17) is 5.73 Å². The van der Waals surface area contributed by atoms with Crippen LogP contribution < -0.4 is 16.4 Å². The minimum Gasteiger partial charge on any atom is -0.480 e. The number of H-pyrrole nitrogens is 1. The van der Waals surface area contributed by atoms with Crippen molar-refractivity contribution in [3.63, 3.8) is 0 Å². The molecule has 202 valence electrons. The lowest BCUT2D eigenvalue weighted by Crippen LogP contribution is -2.58. The summed E-state index contributed by atoms with van der Waals surface area (Å²) in [5, 5.41) is 25.6. The molecule has 2 heterocycles. The van der Waals surface area contributed by atoms with Gasteiger partial charge in [-0.2, -0.15) is 0 Å². The second-order valence-corrected chi connectivity index (χ2v) is 10.1. The van der Waals surface area contributed by atoms with Gasteiger partial charge in [-0.3, -0.25) is 14.4 Å². The quantitative estimate of drug-likeness (QED) is 0.252. The maximum absolute atomic E-state index is 13.3. The van der Waals surface area contributed by atoms with Crippen LogP contribution in [0.1, 0.15) is 45.6 Å². The minimum absolute atomic E-state index is 0.0271. The Kier molecular flexibility index (Phi) is 9.28. The summed E-state index contributed by atoms with van der Waals surface area (Å²) in [4.78, 5) is 55.7. The third-order valence-corrected chi connectivity index (χ3v) is 6.70. The third-order valence-electron chi connectivity index (χ3n) is 6.70. The van der Waals surface area contributed by atoms with Gasteiger partial charge in [0.15, 0.2) is 0 Å². The Morgan fingerprint density at radius 2 is 1.84 bits per heavy atom. The molecule has 0 spiro atoms. The Morgan fingerprint density at radius 1 is 1.14 bits per heavy atom. The number of carbonyl (C=O) groups is 4. The van der Waals surface area contributed by atoms with Crippen molar-refractivity contribution in [2.75, 3.05) is 6.54 Å². The van der Waals surface area contributed by atoms with E-state index in [0.717, 1.165) is 16.5 Å². The first-order chi connectivity index (χ1) is 17.5. The number of amides is 3. The molecule has 1 saturated heterocycles. The second kappa shape index (κ2) is 12.2. The van der Waals surface area contributed by atoms with E-state index in [1.54, 1.807) is 6.20 Å². The van der Waals surface area contributed by atoms with Crippen LogP contribution in [0.5, 0.6) is 0 Å². The molecule has 7 N–H and O–H groups in total. The fourth-order valence-electron chi connectivity index (χ4n) is 4.66. The van der Waals surface area contributed by atoms with E-state index in [9.17, 15) is 29.4 Å². The number of rotatable bonds is 11. The lowest BCUT2D eigenvalue weighted by molar-refractivity contribution is -0.143. The van der Waals surface area contributed by atoms with Crippen LogP contribution in [0.4, 0.5) is 0 Å². The monoisotopic (exact) mass is 515 g/mol. The van der Waals surface area contributed by atoms with Gasteiger partial charge in [-0.25, -0.2) is 4.79 Å². The van der Waals surface area contributed by atoms with Gasteiger partial charge in [-0.05, 0) is 43.7 Å². The van der Waals surface area contributed by atoms with Crippen LogP contribution >= 0.6 is 0 Å². The van der Waals surface area contributed by atoms with Gasteiger partial charge < -0.3 is 36.5 Å². The molecule has 11 nitrogen and oxygen atoms in total. The summed E-state index contributed by atoms with van der Waals surface area (Å²) in [7, 11) is 0. The van der Waals surface area contributed by atoms with Gasteiger partial charge in [0.1, 0.15) is 24.2 Å². The van der Waals surface area contributed by atoms with Crippen molar-refractivity contribution in [3.05, 3.63) is 36.0 Å². The number of carboxylic acid groups (broad SMARTS) is 1. The predicted molar refractivity (Wildman–Crippen MR) is 137 cm³/mol. The first kappa shape index (κ1) is 28.1. The van der Waals surface area contributed by atoms with E-state index in [2.05, 4.69) is 15.6 Å². The molecule has 0 bridgehead atoms. The van der Waals surface area contributed by atoms with Crippen molar-refractivity contribution in [1.82, 2.24) is 20.5 Å². The van der Waals surface area contributed by atoms with Crippen LogP contribution in [-0.4, -0.2) is 80.6 Å². The molecule has 0 saturated carbocycles. The van der Waals surface area contributed by atoms with Crippen LogP contribution in [0.15, 0.2) is 30.5 Å². The minimum atomic E-state index is -1.16. The molecule has 1 aliphatic rings. The van der Waals surface area contributed by atoms with Gasteiger partial charge in [0.2, 0.25) is 17.7 Å². The summed E-state index contributed by atoms with van der Waals surface area (Å²) in [6, 6.07) is 3.33. The number of carbonyl (C=O) groups excluding carboxylic acids is 3. The van der Waals surface area contributed by atoms with Crippen LogP contribution in [0.2, 0.25) is 0 Å². The van der Waals surface area contributed by atoms with Crippen molar-refractivity contribution in [2.45, 2.75) is 76.7 Å². The standard InChI is InChI=1S/C26H37N5O6/c1-14(2)11-20(26(36)37)30-23(33)19(12-16-13-28-18-8-5-4-7-17(16)18)29-24(34)21-9-6-10-31(21)25(35)22(27)15(3)32/h4-5,7-8,13-15,19-22,28,32H,6,9-12,27H2,1-3H3,(H,29,34)(H,30,33)(H,36,37). The highest BCUT2D eigenvalue weighted by molar-refractivity contribution is 5.95. The Balaban J connectivity index is 1.84. The van der Waals surface area contributed by atoms with Crippen molar-refractivity contribution >= 4 is 34.6 Å². The molecule has 5 atom stereocenters. The maximum Gasteiger partial charge on any atom is 0.326 e. The smallest absolute Gasteiger partial charge is 0.326 e. The number of aromatic amines is 1. The number of aliphatic hydroxyl groups is 1. The number of aliphatic hydroxyl groups excluding tert-OH is 1. The van der Waals surface area contributed by atoms with Crippen molar-refractivity contribution in [3.8, 4) is 0 Å². The largest absolute Gasteiger partial charge is 0.480 e. The van der Waals surface area contributed by atoms with E-state index < -0.39 is 54.0 Å². The molecular formula is C26H37N5O6. The number of nitrogens with one attached hydrogen (secondary N) is 3. The van der Waals surface area contributed by atoms with Crippen molar-refractivity contribution in [2.24, 2.45) is 11.7 Å². The fraction of sp³-hybridized carbons (Fsp3) is 0.538. The van der Waals surface area contributed by atoms with Gasteiger partial charge in [0.25, 0.3) is 0 Å². The molecule has 3 rings (SSSR count). The molecule has 11 heteroatoms. The Hall–Kier alpha value is -3.44. The van der Waals surface area contributed by atoms with E-state index in [1.807, 2.05) is 38.1 Å². The van der Waals surface area contributed by atoms with Gasteiger partial charge in [0, 0.05) is 30.1 Å². The lowest BCUT2D eigenvalue weighted by Gasteiger charge is -2.29. The average Bonchev–Trinajstić information content (AvgIpc) is 3.49. The number of likely N-dealkylation sites (tertiary alicyclic amines) is 1. The lowest BCUT2D eigenvalue weighted by atomic mass is 10.0. The van der Waals surface area contributed by atoms with E-state index in [0.29, 0.717) is 19.4 Å². The Bertz CT molecular complexity index is 1130. The number of para-hydroxylation sites is 1. The molecule has 1 aliphatic heterocycles. The van der Waals surface area contributed by atoms with Crippen LogP contribution in [0.3, 0.4) is 0 Å². The summed E-state index contributed by atoms with van der Waals surface area (Å²) in [5.41, 5.74) is 7.47. The number of hydrogen-bond acceptors (Lipinski definition) is 6. The van der Waals surface area contributed by atoms with Gasteiger partial charge >= 0.3 is 5.97 Å². The summed E-state index contributed by atoms with van der Waals surface area (Å²) in [6.45, 7) is 5.44. The molecule has 3 amide bonds. The molecule has 5 unspecified atom stereocenters. The van der Waals surface area contributed by atoms with E-state index >= 15 is 0 Å². The fourth-order valence-corrected chi connectivity index (χ4v) is 4.66. The van der Waals surface area contributed by atoms with Gasteiger partial charge in [0.05, 0.1) is 6.10 Å². The Morgan fingerprint density at radius 3 is 2.49 bits per heavy atom. The number of aromatic nitrogens is 1. The highest BCUT2D eigenvalue weighted by Gasteiger charge is 2.39. The zero-order chi connectivity index (χ0) is 27.3. The highest BCUT2D eigenvalue weighted by atomic mass is 16.4. The first-order valence-electron chi connectivity index (χ1n) is 12.6. The van der Waals surface area contributed by atoms with Crippen molar-refractivity contribution < 1.29 is 29.4 Å². The number of benzene rings is 1. The van der Waals surface area contributed by atoms with E-state index in [1.165, 1.54) is 11.8 Å². The molecule has 37 heavy (non-hydrogen) atoms. The van der Waals surface area contributed by atoms with Gasteiger partial charge in [-0.1, -0.05) is 32.0 Å². The molecule has 2 aromatic rings. The van der Waals surface area contributed by atoms with Crippen LogP contribution in [0, 0.1) is 5.92 Å². The van der Waals surface area contributed by atoms with Crippen molar-refractivity contribution in [1.29, 1.82) is 0 Å². The topological polar surface area (TPSA) is 178 Å². The normalized spacial score (nSPS) is 18.9. The molecule has 1 aromatic heterocycles. The van der Waals surface area contributed by atoms with Gasteiger partial charge in [-0.15, -0.1) is 0 Å². The number of nitrogens with zero attached hydrogens (tertiary/aromatic N) is 1. The summed E-state index contributed by atoms with van der Waals surface area (Å²) in [6.07, 6.45) is 1.99. The summed E-state index contributed by atoms with van der Waals surface area (Å²) in [5.74, 6) is -2.81.